The predicted molar refractivity (Wildman–Crippen MR) is 81.1 cm³/mol. The van der Waals surface area contributed by atoms with Crippen molar-refractivity contribution >= 4 is 39.8 Å². The van der Waals surface area contributed by atoms with Crippen LogP contribution in [0.2, 0.25) is 0 Å². The number of aryl methyl sites for hydroxylation is 1. The first-order chi connectivity index (χ1) is 9.90. The molecule has 0 fully saturated rings. The molecule has 0 atom stereocenters. The van der Waals surface area contributed by atoms with Crippen molar-refractivity contribution in [3.63, 3.8) is 0 Å². The Morgan fingerprint density at radius 3 is 2.90 bits per heavy atom. The van der Waals surface area contributed by atoms with Crippen molar-refractivity contribution in [2.45, 2.75) is 25.4 Å². The Labute approximate surface area is 129 Å². The van der Waals surface area contributed by atoms with E-state index in [0.717, 1.165) is 25.0 Å². The van der Waals surface area contributed by atoms with Gasteiger partial charge in [0.25, 0.3) is 0 Å². The summed E-state index contributed by atoms with van der Waals surface area (Å²) in [5.41, 5.74) is 6.20. The summed E-state index contributed by atoms with van der Waals surface area (Å²) in [6.45, 7) is -0.680. The second-order valence-electron chi connectivity index (χ2n) is 4.02. The molecule has 0 aliphatic carbocycles. The number of isothiocyanates is 1. The molecule has 0 unspecified atom stereocenters. The number of alkyl halides is 3. The third-order valence-electron chi connectivity index (χ3n) is 2.23. The number of anilines is 1. The number of aromatic nitrogens is 1. The van der Waals surface area contributed by atoms with Crippen LogP contribution in [0.15, 0.2) is 15.4 Å². The largest absolute Gasteiger partial charge is 0.408 e. The van der Waals surface area contributed by atoms with Gasteiger partial charge in [0.2, 0.25) is 0 Å². The highest BCUT2D eigenvalue weighted by Gasteiger charge is 2.26. The number of hydrogen-bond acceptors (Lipinski definition) is 5. The van der Waals surface area contributed by atoms with Crippen LogP contribution in [0.3, 0.4) is 0 Å². The van der Waals surface area contributed by atoms with Crippen molar-refractivity contribution in [1.29, 1.82) is 0 Å². The fraction of sp³-hybridized carbons (Fsp3) is 0.545. The third-order valence-corrected chi connectivity index (χ3v) is 3.17. The van der Waals surface area contributed by atoms with Crippen LogP contribution >= 0.6 is 23.6 Å². The summed E-state index contributed by atoms with van der Waals surface area (Å²) < 4.78 is 35.9. The van der Waals surface area contributed by atoms with Crippen LogP contribution in [0.5, 0.6) is 0 Å². The van der Waals surface area contributed by atoms with Crippen molar-refractivity contribution in [1.82, 2.24) is 4.98 Å². The van der Waals surface area contributed by atoms with Gasteiger partial charge in [-0.15, -0.1) is 11.3 Å². The summed E-state index contributed by atoms with van der Waals surface area (Å²) in [7, 11) is 0. The number of hydrogen-bond donors (Lipinski definition) is 2. The molecule has 1 aromatic heterocycles. The molecule has 0 aromatic carbocycles. The van der Waals surface area contributed by atoms with Crippen LogP contribution in [0, 0.1) is 0 Å². The van der Waals surface area contributed by atoms with E-state index in [-0.39, 0.29) is 5.96 Å². The Bertz CT molecular complexity index is 520. The van der Waals surface area contributed by atoms with E-state index in [9.17, 15) is 13.2 Å². The normalized spacial score (nSPS) is 12.0. The zero-order valence-corrected chi connectivity index (χ0v) is 12.6. The number of halogens is 3. The zero-order valence-electron chi connectivity index (χ0n) is 11.0. The first-order valence-corrected chi connectivity index (χ1v) is 7.31. The van der Waals surface area contributed by atoms with E-state index in [2.05, 4.69) is 37.7 Å². The number of rotatable bonds is 7. The van der Waals surface area contributed by atoms with Gasteiger partial charge in [0.1, 0.15) is 6.54 Å². The molecule has 0 spiro atoms. The number of thiazole rings is 1. The van der Waals surface area contributed by atoms with Gasteiger partial charge in [-0.05, 0) is 31.5 Å². The molecule has 0 radical (unpaired) electrons. The van der Waals surface area contributed by atoms with Crippen LogP contribution in [0.4, 0.5) is 18.3 Å². The maximum atomic E-state index is 12.0. The Morgan fingerprint density at radius 1 is 1.48 bits per heavy atom. The molecule has 0 aliphatic heterocycles. The first kappa shape index (κ1) is 17.5. The minimum Gasteiger partial charge on any atom is -0.370 e. The number of thiocarbonyl (C=S) groups is 1. The Balaban J connectivity index is 2.39. The summed E-state index contributed by atoms with van der Waals surface area (Å²) in [5, 5.41) is 7.07. The smallest absolute Gasteiger partial charge is 0.370 e. The SMILES string of the molecule is N/C(=N/CC(F)(F)F)Nc1nc(CCCCN=C=S)cs1. The highest BCUT2D eigenvalue weighted by atomic mass is 32.1. The number of nitrogens with one attached hydrogen (secondary N) is 1. The molecule has 0 saturated carbocycles. The number of aliphatic imine (C=N–C) groups is 2. The van der Waals surface area contributed by atoms with Crippen molar-refractivity contribution < 1.29 is 13.2 Å². The van der Waals surface area contributed by atoms with Crippen LogP contribution in [0.25, 0.3) is 0 Å². The molecule has 3 N–H and O–H groups in total. The monoisotopic (exact) mass is 337 g/mol. The molecule has 0 saturated heterocycles. The molecule has 21 heavy (non-hydrogen) atoms. The van der Waals surface area contributed by atoms with Crippen molar-refractivity contribution in [2.75, 3.05) is 18.4 Å². The van der Waals surface area contributed by atoms with Crippen molar-refractivity contribution in [3.8, 4) is 0 Å². The lowest BCUT2D eigenvalue weighted by atomic mass is 10.2. The predicted octanol–water partition coefficient (Wildman–Crippen LogP) is 2.86. The molecule has 0 amide bonds. The highest BCUT2D eigenvalue weighted by molar-refractivity contribution is 7.78. The number of unbranched alkanes of at least 4 members (excludes halogenated alkanes) is 1. The third kappa shape index (κ3) is 8.38. The lowest BCUT2D eigenvalue weighted by Crippen LogP contribution is -2.25. The summed E-state index contributed by atoms with van der Waals surface area (Å²) in [6.07, 6.45) is -1.85. The zero-order chi connectivity index (χ0) is 15.7. The summed E-state index contributed by atoms with van der Waals surface area (Å²) in [5.74, 6) is -0.302. The van der Waals surface area contributed by atoms with E-state index in [1.54, 1.807) is 0 Å². The first-order valence-electron chi connectivity index (χ1n) is 6.02. The molecular weight excluding hydrogens is 323 g/mol. The lowest BCUT2D eigenvalue weighted by Gasteiger charge is -2.04. The second-order valence-corrected chi connectivity index (χ2v) is 5.06. The van der Waals surface area contributed by atoms with E-state index < -0.39 is 12.7 Å². The quantitative estimate of drug-likeness (QED) is 0.347. The summed E-state index contributed by atoms with van der Waals surface area (Å²) in [4.78, 5) is 11.2. The van der Waals surface area contributed by atoms with E-state index in [4.69, 9.17) is 5.73 Å². The van der Waals surface area contributed by atoms with Gasteiger partial charge in [-0.25, -0.2) is 15.0 Å². The molecule has 116 valence electrons. The Kier molecular flexibility index (Phi) is 7.27. The molecule has 0 aliphatic rings. The van der Waals surface area contributed by atoms with Crippen LogP contribution in [0.1, 0.15) is 18.5 Å². The number of nitrogens with two attached hydrogens (primary N) is 1. The molecule has 10 heteroatoms. The fourth-order valence-corrected chi connectivity index (χ4v) is 2.19. The van der Waals surface area contributed by atoms with E-state index in [1.165, 1.54) is 11.3 Å². The fourth-order valence-electron chi connectivity index (χ4n) is 1.35. The van der Waals surface area contributed by atoms with Crippen molar-refractivity contribution in [3.05, 3.63) is 11.1 Å². The van der Waals surface area contributed by atoms with Gasteiger partial charge in [-0.2, -0.15) is 13.2 Å². The minimum absolute atomic E-state index is 0.302. The summed E-state index contributed by atoms with van der Waals surface area (Å²) in [6, 6.07) is 0. The number of guanidine groups is 1. The average molecular weight is 337 g/mol. The number of nitrogens with zero attached hydrogens (tertiary/aromatic N) is 3. The van der Waals surface area contributed by atoms with Crippen LogP contribution in [-0.2, 0) is 6.42 Å². The standard InChI is InChI=1S/C11H14F3N5S2/c12-11(13,14)6-17-9(15)19-10-18-8(5-21-10)3-1-2-4-16-7-20/h5H,1-4,6H2,(H3,15,17,18,19). The topological polar surface area (TPSA) is 75.7 Å². The average Bonchev–Trinajstić information content (AvgIpc) is 2.83. The van der Waals surface area contributed by atoms with Crippen LogP contribution in [-0.4, -0.2) is 35.4 Å². The van der Waals surface area contributed by atoms with Gasteiger partial charge in [0.15, 0.2) is 11.1 Å². The Hall–Kier alpha value is -1.51. The minimum atomic E-state index is -4.37. The van der Waals surface area contributed by atoms with Gasteiger partial charge in [0.05, 0.1) is 10.9 Å². The molecule has 5 nitrogen and oxygen atoms in total. The van der Waals surface area contributed by atoms with Gasteiger partial charge in [-0.1, -0.05) is 0 Å². The van der Waals surface area contributed by atoms with Gasteiger partial charge >= 0.3 is 6.18 Å². The van der Waals surface area contributed by atoms with E-state index in [0.29, 0.717) is 11.7 Å². The maximum Gasteiger partial charge on any atom is 0.408 e. The molecular formula is C11H14F3N5S2. The second kappa shape index (κ2) is 8.71. The van der Waals surface area contributed by atoms with Crippen LogP contribution < -0.4 is 11.1 Å². The van der Waals surface area contributed by atoms with Crippen molar-refractivity contribution in [2.24, 2.45) is 15.7 Å². The highest BCUT2D eigenvalue weighted by Crippen LogP contribution is 2.17. The maximum absolute atomic E-state index is 12.0. The molecule has 0 bridgehead atoms. The molecule has 1 aromatic rings. The summed E-state index contributed by atoms with van der Waals surface area (Å²) >= 11 is 5.72. The van der Waals surface area contributed by atoms with Gasteiger partial charge in [-0.3, -0.25) is 0 Å². The van der Waals surface area contributed by atoms with E-state index in [1.807, 2.05) is 5.38 Å². The van der Waals surface area contributed by atoms with E-state index >= 15 is 0 Å². The lowest BCUT2D eigenvalue weighted by molar-refractivity contribution is -0.118. The molecule has 1 heterocycles. The molecule has 1 rings (SSSR count). The van der Waals surface area contributed by atoms with Gasteiger partial charge in [0, 0.05) is 11.9 Å². The van der Waals surface area contributed by atoms with Gasteiger partial charge < -0.3 is 11.1 Å². The Morgan fingerprint density at radius 2 is 2.24 bits per heavy atom.